The average molecular weight is 432 g/mol. The van der Waals surface area contributed by atoms with Crippen LogP contribution in [0.4, 0.5) is 0 Å². The van der Waals surface area contributed by atoms with Crippen LogP contribution in [-0.4, -0.2) is 6.04 Å². The zero-order chi connectivity index (χ0) is 14.8. The quantitative estimate of drug-likeness (QED) is 0.636. The second-order valence-electron chi connectivity index (χ2n) is 5.06. The smallest absolute Gasteiger partial charge is 0.150 e. The molecule has 0 amide bonds. The van der Waals surface area contributed by atoms with Crippen LogP contribution in [0.5, 0.6) is 11.5 Å². The van der Waals surface area contributed by atoms with Gasteiger partial charge >= 0.3 is 0 Å². The maximum Gasteiger partial charge on any atom is 0.150 e. The highest BCUT2D eigenvalue weighted by atomic mass is 79.9. The summed E-state index contributed by atoms with van der Waals surface area (Å²) in [5.74, 6) is 1.47. The highest BCUT2D eigenvalue weighted by molar-refractivity contribution is 9.11. The first kappa shape index (κ1) is 15.3. The Balaban J connectivity index is 1.85. The van der Waals surface area contributed by atoms with Crippen molar-refractivity contribution in [3.8, 4) is 11.5 Å². The van der Waals surface area contributed by atoms with Gasteiger partial charge in [-0.1, -0.05) is 39.7 Å². The molecular formula is C16H14Br2ClNO. The molecule has 0 aromatic heterocycles. The summed E-state index contributed by atoms with van der Waals surface area (Å²) < 4.78 is 7.92. The third kappa shape index (κ3) is 4.01. The van der Waals surface area contributed by atoms with Crippen LogP contribution < -0.4 is 10.1 Å². The molecular weight excluding hydrogens is 417 g/mol. The van der Waals surface area contributed by atoms with Crippen molar-refractivity contribution in [2.45, 2.75) is 25.4 Å². The number of ether oxygens (including phenoxy) is 1. The minimum atomic E-state index is 0.625. The molecule has 0 aliphatic heterocycles. The predicted octanol–water partition coefficient (Wildman–Crippen LogP) is 5.91. The standard InChI is InChI=1S/C16H14Br2ClNO/c17-11-4-7-15(13(18)8-11)21-16-10(2-1-3-14(16)19)9-20-12-5-6-12/h1-4,7-8,12,20H,5-6,9H2. The molecule has 0 radical (unpaired) electrons. The molecule has 0 atom stereocenters. The number of hydrogen-bond donors (Lipinski definition) is 1. The van der Waals surface area contributed by atoms with E-state index in [0.29, 0.717) is 11.1 Å². The van der Waals surface area contributed by atoms with E-state index in [0.717, 1.165) is 32.6 Å². The molecule has 5 heteroatoms. The number of rotatable bonds is 5. The Bertz CT molecular complexity index is 659. The highest BCUT2D eigenvalue weighted by Gasteiger charge is 2.21. The van der Waals surface area contributed by atoms with Crippen LogP contribution in [0.1, 0.15) is 18.4 Å². The molecule has 1 N–H and O–H groups in total. The van der Waals surface area contributed by atoms with Gasteiger partial charge in [-0.2, -0.15) is 0 Å². The monoisotopic (exact) mass is 429 g/mol. The third-order valence-electron chi connectivity index (χ3n) is 3.31. The minimum Gasteiger partial charge on any atom is -0.454 e. The van der Waals surface area contributed by atoms with Crippen LogP contribution in [0.2, 0.25) is 5.02 Å². The number of hydrogen-bond acceptors (Lipinski definition) is 2. The van der Waals surface area contributed by atoms with Gasteiger partial charge in [-0.3, -0.25) is 0 Å². The van der Waals surface area contributed by atoms with E-state index < -0.39 is 0 Å². The van der Waals surface area contributed by atoms with Gasteiger partial charge in [-0.05, 0) is 53.0 Å². The summed E-state index contributed by atoms with van der Waals surface area (Å²) in [6.45, 7) is 0.773. The first-order valence-electron chi connectivity index (χ1n) is 6.77. The third-order valence-corrected chi connectivity index (χ3v) is 4.72. The minimum absolute atomic E-state index is 0.625. The fourth-order valence-corrected chi connectivity index (χ4v) is 3.38. The maximum absolute atomic E-state index is 6.32. The van der Waals surface area contributed by atoms with Crippen molar-refractivity contribution >= 4 is 43.5 Å². The molecule has 0 bridgehead atoms. The summed E-state index contributed by atoms with van der Waals surface area (Å²) in [5.41, 5.74) is 1.07. The Kier molecular flexibility index (Phi) is 4.89. The van der Waals surface area contributed by atoms with Crippen LogP contribution in [0.25, 0.3) is 0 Å². The van der Waals surface area contributed by atoms with Gasteiger partial charge in [0.2, 0.25) is 0 Å². The van der Waals surface area contributed by atoms with Crippen molar-refractivity contribution in [1.82, 2.24) is 5.32 Å². The van der Waals surface area contributed by atoms with Crippen LogP contribution in [0, 0.1) is 0 Å². The number of halogens is 3. The van der Waals surface area contributed by atoms with Crippen molar-refractivity contribution in [3.05, 3.63) is 55.9 Å². The topological polar surface area (TPSA) is 21.3 Å². The van der Waals surface area contributed by atoms with Crippen molar-refractivity contribution < 1.29 is 4.74 Å². The van der Waals surface area contributed by atoms with E-state index in [2.05, 4.69) is 37.2 Å². The zero-order valence-corrected chi connectivity index (χ0v) is 15.1. The molecule has 1 aliphatic carbocycles. The molecule has 0 spiro atoms. The Hall–Kier alpha value is -0.550. The second-order valence-corrected chi connectivity index (χ2v) is 7.24. The lowest BCUT2D eigenvalue weighted by atomic mass is 10.2. The first-order valence-corrected chi connectivity index (χ1v) is 8.73. The lowest BCUT2D eigenvalue weighted by molar-refractivity contribution is 0.470. The van der Waals surface area contributed by atoms with Gasteiger partial charge < -0.3 is 10.1 Å². The van der Waals surface area contributed by atoms with Crippen molar-refractivity contribution in [2.24, 2.45) is 0 Å². The fraction of sp³-hybridized carbons (Fsp3) is 0.250. The number of para-hydroxylation sites is 1. The van der Waals surface area contributed by atoms with E-state index in [1.165, 1.54) is 12.8 Å². The van der Waals surface area contributed by atoms with Crippen LogP contribution >= 0.6 is 43.5 Å². The van der Waals surface area contributed by atoms with Crippen molar-refractivity contribution in [1.29, 1.82) is 0 Å². The van der Waals surface area contributed by atoms with E-state index in [9.17, 15) is 0 Å². The molecule has 1 saturated carbocycles. The van der Waals surface area contributed by atoms with Gasteiger partial charge in [0.1, 0.15) is 5.75 Å². The molecule has 2 nitrogen and oxygen atoms in total. The van der Waals surface area contributed by atoms with Gasteiger partial charge in [-0.15, -0.1) is 0 Å². The van der Waals surface area contributed by atoms with Crippen LogP contribution in [0.15, 0.2) is 45.3 Å². The highest BCUT2D eigenvalue weighted by Crippen LogP contribution is 2.37. The SMILES string of the molecule is Clc1cccc(CNC2CC2)c1Oc1ccc(Br)cc1Br. The lowest BCUT2D eigenvalue weighted by Gasteiger charge is -2.14. The van der Waals surface area contributed by atoms with Crippen LogP contribution in [0.3, 0.4) is 0 Å². The van der Waals surface area contributed by atoms with E-state index in [1.807, 2.05) is 36.4 Å². The van der Waals surface area contributed by atoms with Gasteiger partial charge in [0.15, 0.2) is 5.75 Å². The summed E-state index contributed by atoms with van der Waals surface area (Å²) in [7, 11) is 0. The normalized spacial score (nSPS) is 14.2. The Morgan fingerprint density at radius 2 is 2.00 bits per heavy atom. The second kappa shape index (κ2) is 6.69. The molecule has 21 heavy (non-hydrogen) atoms. The summed E-state index contributed by atoms with van der Waals surface area (Å²) >= 11 is 13.3. The first-order chi connectivity index (χ1) is 10.1. The number of benzene rings is 2. The molecule has 2 aromatic rings. The molecule has 0 unspecified atom stereocenters. The Morgan fingerprint density at radius 1 is 1.19 bits per heavy atom. The predicted molar refractivity (Wildman–Crippen MR) is 93.2 cm³/mol. The van der Waals surface area contributed by atoms with E-state index in [4.69, 9.17) is 16.3 Å². The average Bonchev–Trinajstić information content (AvgIpc) is 3.26. The van der Waals surface area contributed by atoms with Crippen molar-refractivity contribution in [3.63, 3.8) is 0 Å². The zero-order valence-electron chi connectivity index (χ0n) is 11.2. The molecule has 1 aliphatic rings. The van der Waals surface area contributed by atoms with E-state index >= 15 is 0 Å². The summed E-state index contributed by atoms with van der Waals surface area (Å²) in [6.07, 6.45) is 2.52. The summed E-state index contributed by atoms with van der Waals surface area (Å²) in [5, 5.41) is 4.12. The van der Waals surface area contributed by atoms with E-state index in [-0.39, 0.29) is 0 Å². The molecule has 0 heterocycles. The molecule has 3 rings (SSSR count). The van der Waals surface area contributed by atoms with E-state index in [1.54, 1.807) is 0 Å². The molecule has 0 saturated heterocycles. The van der Waals surface area contributed by atoms with Gasteiger partial charge in [0.25, 0.3) is 0 Å². The van der Waals surface area contributed by atoms with Crippen LogP contribution in [-0.2, 0) is 6.54 Å². The molecule has 110 valence electrons. The summed E-state index contributed by atoms with van der Waals surface area (Å²) in [4.78, 5) is 0. The number of nitrogens with one attached hydrogen (secondary N) is 1. The Labute approximate surface area is 146 Å². The fourth-order valence-electron chi connectivity index (χ4n) is 2.02. The largest absolute Gasteiger partial charge is 0.454 e. The summed E-state index contributed by atoms with van der Waals surface area (Å²) in [6, 6.07) is 12.3. The molecule has 1 fully saturated rings. The van der Waals surface area contributed by atoms with Crippen molar-refractivity contribution in [2.75, 3.05) is 0 Å². The Morgan fingerprint density at radius 3 is 2.71 bits per heavy atom. The van der Waals surface area contributed by atoms with Gasteiger partial charge in [0, 0.05) is 22.6 Å². The van der Waals surface area contributed by atoms with Gasteiger partial charge in [0.05, 0.1) is 9.50 Å². The maximum atomic E-state index is 6.32. The molecule has 2 aromatic carbocycles. The van der Waals surface area contributed by atoms with Gasteiger partial charge in [-0.25, -0.2) is 0 Å². The lowest BCUT2D eigenvalue weighted by Crippen LogP contribution is -2.15.